The van der Waals surface area contributed by atoms with Crippen molar-refractivity contribution >= 4 is 0 Å². The molecule has 0 saturated heterocycles. The highest BCUT2D eigenvalue weighted by Crippen LogP contribution is 2.34. The number of ether oxygens (including phenoxy) is 2. The van der Waals surface area contributed by atoms with Crippen molar-refractivity contribution < 1.29 is 35.8 Å². The fourth-order valence-electron chi connectivity index (χ4n) is 2.35. The van der Waals surface area contributed by atoms with Gasteiger partial charge in [-0.25, -0.2) is 0 Å². The topological polar surface area (TPSA) is 44.2 Å². The summed E-state index contributed by atoms with van der Waals surface area (Å²) < 4.78 is 87.1. The van der Waals surface area contributed by atoms with Gasteiger partial charge >= 0.3 is 12.4 Å². The van der Waals surface area contributed by atoms with Crippen molar-refractivity contribution in [3.05, 3.63) is 65.7 Å². The molecule has 2 aromatic carbocycles. The minimum absolute atomic E-state index is 0.0138. The summed E-state index contributed by atoms with van der Waals surface area (Å²) in [6.07, 6.45) is -9.04. The number of nitrogens with zero attached hydrogens (tertiary/aromatic N) is 2. The predicted molar refractivity (Wildman–Crippen MR) is 90.5 cm³/mol. The lowest BCUT2D eigenvalue weighted by atomic mass is 10.1. The first-order valence-corrected chi connectivity index (χ1v) is 8.02. The third-order valence-electron chi connectivity index (χ3n) is 3.74. The quantitative estimate of drug-likeness (QED) is 0.493. The normalized spacial score (nSPS) is 12.0. The largest absolute Gasteiger partial charge is 0.481 e. The Morgan fingerprint density at radius 3 is 1.93 bits per heavy atom. The molecule has 1 heterocycles. The van der Waals surface area contributed by atoms with E-state index in [0.717, 1.165) is 24.3 Å². The maximum Gasteiger partial charge on any atom is 0.416 e. The van der Waals surface area contributed by atoms with E-state index in [1.807, 2.05) is 0 Å². The van der Waals surface area contributed by atoms with Crippen LogP contribution in [-0.4, -0.2) is 17.1 Å². The third kappa shape index (κ3) is 4.95. The number of aromatic nitrogens is 2. The smallest absolute Gasteiger partial charge is 0.416 e. The summed E-state index contributed by atoms with van der Waals surface area (Å²) in [7, 11) is 1.30. The molecule has 0 amide bonds. The molecule has 4 nitrogen and oxygen atoms in total. The molecule has 10 heteroatoms. The van der Waals surface area contributed by atoms with E-state index in [2.05, 4.69) is 9.97 Å². The second-order valence-corrected chi connectivity index (χ2v) is 5.77. The molecule has 0 aliphatic heterocycles. The van der Waals surface area contributed by atoms with E-state index in [1.54, 1.807) is 0 Å². The molecule has 0 aliphatic rings. The van der Waals surface area contributed by atoms with Crippen LogP contribution in [0.5, 0.6) is 17.5 Å². The molecular weight excluding hydrogens is 402 g/mol. The van der Waals surface area contributed by atoms with Crippen LogP contribution < -0.4 is 9.47 Å². The molecule has 0 spiro atoms. The van der Waals surface area contributed by atoms with Gasteiger partial charge in [-0.2, -0.15) is 36.3 Å². The standard InChI is InChI=1S/C19H12F6N2O2/c1-28-15-10-16(29-14-4-2-3-13(9-14)19(23,24)25)27-17(26-15)11-5-7-12(8-6-11)18(20,21)22/h2-10H,1H3. The minimum atomic E-state index is -4.55. The predicted octanol–water partition coefficient (Wildman–Crippen LogP) is 5.98. The summed E-state index contributed by atoms with van der Waals surface area (Å²) >= 11 is 0. The van der Waals surface area contributed by atoms with E-state index in [4.69, 9.17) is 9.47 Å². The molecule has 29 heavy (non-hydrogen) atoms. The minimum Gasteiger partial charge on any atom is -0.481 e. The fourth-order valence-corrected chi connectivity index (χ4v) is 2.35. The zero-order chi connectivity index (χ0) is 21.2. The molecule has 152 valence electrons. The monoisotopic (exact) mass is 414 g/mol. The van der Waals surface area contributed by atoms with Crippen LogP contribution in [0.1, 0.15) is 11.1 Å². The van der Waals surface area contributed by atoms with Crippen LogP contribution in [0.25, 0.3) is 11.4 Å². The highest BCUT2D eigenvalue weighted by atomic mass is 19.4. The molecule has 3 aromatic rings. The van der Waals surface area contributed by atoms with E-state index in [0.29, 0.717) is 0 Å². The molecule has 0 N–H and O–H groups in total. The second-order valence-electron chi connectivity index (χ2n) is 5.77. The van der Waals surface area contributed by atoms with Crippen molar-refractivity contribution in [2.75, 3.05) is 7.11 Å². The molecule has 0 saturated carbocycles. The fraction of sp³-hybridized carbons (Fsp3) is 0.158. The highest BCUT2D eigenvalue weighted by molar-refractivity contribution is 5.57. The van der Waals surface area contributed by atoms with Crippen LogP contribution in [0.2, 0.25) is 0 Å². The lowest BCUT2D eigenvalue weighted by molar-refractivity contribution is -0.138. The van der Waals surface area contributed by atoms with Gasteiger partial charge in [-0.1, -0.05) is 18.2 Å². The molecule has 0 bridgehead atoms. The Balaban J connectivity index is 1.94. The number of benzene rings is 2. The van der Waals surface area contributed by atoms with E-state index >= 15 is 0 Å². The van der Waals surface area contributed by atoms with Crippen molar-refractivity contribution in [2.45, 2.75) is 12.4 Å². The molecular formula is C19H12F6N2O2. The second kappa shape index (κ2) is 7.61. The summed E-state index contributed by atoms with van der Waals surface area (Å²) in [5, 5.41) is 0. The number of hydrogen-bond acceptors (Lipinski definition) is 4. The van der Waals surface area contributed by atoms with Gasteiger partial charge in [0.05, 0.1) is 24.3 Å². The molecule has 0 unspecified atom stereocenters. The average Bonchev–Trinajstić information content (AvgIpc) is 2.66. The van der Waals surface area contributed by atoms with Gasteiger partial charge in [-0.15, -0.1) is 0 Å². The van der Waals surface area contributed by atoms with Gasteiger partial charge in [0.2, 0.25) is 11.8 Å². The zero-order valence-electron chi connectivity index (χ0n) is 14.7. The van der Waals surface area contributed by atoms with Gasteiger partial charge in [0.1, 0.15) is 5.75 Å². The molecule has 3 rings (SSSR count). The summed E-state index contributed by atoms with van der Waals surface area (Å²) in [5.74, 6) is -0.248. The van der Waals surface area contributed by atoms with Crippen LogP contribution >= 0.6 is 0 Å². The molecule has 0 atom stereocenters. The molecule has 0 aliphatic carbocycles. The molecule has 1 aromatic heterocycles. The van der Waals surface area contributed by atoms with E-state index in [9.17, 15) is 26.3 Å². The van der Waals surface area contributed by atoms with E-state index < -0.39 is 23.5 Å². The molecule has 0 radical (unpaired) electrons. The lowest BCUT2D eigenvalue weighted by Crippen LogP contribution is -2.05. The number of alkyl halides is 6. The van der Waals surface area contributed by atoms with Crippen molar-refractivity contribution in [3.63, 3.8) is 0 Å². The lowest BCUT2D eigenvalue weighted by Gasteiger charge is -2.11. The van der Waals surface area contributed by atoms with Crippen molar-refractivity contribution in [1.29, 1.82) is 0 Å². The van der Waals surface area contributed by atoms with Crippen molar-refractivity contribution in [3.8, 4) is 28.9 Å². The van der Waals surface area contributed by atoms with E-state index in [-0.39, 0.29) is 28.9 Å². The van der Waals surface area contributed by atoms with Crippen LogP contribution in [0.15, 0.2) is 54.6 Å². The van der Waals surface area contributed by atoms with Crippen molar-refractivity contribution in [2.24, 2.45) is 0 Å². The summed E-state index contributed by atoms with van der Waals surface area (Å²) in [6, 6.07) is 9.49. The first-order valence-electron chi connectivity index (χ1n) is 8.02. The van der Waals surface area contributed by atoms with Gasteiger partial charge in [0, 0.05) is 5.56 Å². The Hall–Kier alpha value is -3.30. The maximum absolute atomic E-state index is 12.8. The maximum atomic E-state index is 12.8. The summed E-state index contributed by atoms with van der Waals surface area (Å²) in [4.78, 5) is 8.09. The van der Waals surface area contributed by atoms with Crippen LogP contribution in [0.3, 0.4) is 0 Å². The zero-order valence-corrected chi connectivity index (χ0v) is 14.7. The van der Waals surface area contributed by atoms with Crippen LogP contribution in [0.4, 0.5) is 26.3 Å². The number of methoxy groups -OCH3 is 1. The first-order chi connectivity index (χ1) is 13.6. The number of hydrogen-bond donors (Lipinski definition) is 0. The Bertz CT molecular complexity index is 1000. The average molecular weight is 414 g/mol. The van der Waals surface area contributed by atoms with Gasteiger partial charge in [-0.3, -0.25) is 0 Å². The number of rotatable bonds is 4. The first kappa shape index (κ1) is 20.4. The van der Waals surface area contributed by atoms with E-state index in [1.165, 1.54) is 37.4 Å². The summed E-state index contributed by atoms with van der Waals surface area (Å²) in [6.45, 7) is 0. The Morgan fingerprint density at radius 1 is 0.724 bits per heavy atom. The van der Waals surface area contributed by atoms with Gasteiger partial charge in [-0.05, 0) is 30.3 Å². The van der Waals surface area contributed by atoms with Gasteiger partial charge in [0.15, 0.2) is 5.82 Å². The Labute approximate surface area is 160 Å². The summed E-state index contributed by atoms with van der Waals surface area (Å²) in [5.41, 5.74) is -1.51. The van der Waals surface area contributed by atoms with Crippen LogP contribution in [-0.2, 0) is 12.4 Å². The Kier molecular flexibility index (Phi) is 5.36. The van der Waals surface area contributed by atoms with Gasteiger partial charge < -0.3 is 9.47 Å². The van der Waals surface area contributed by atoms with Crippen LogP contribution in [0, 0.1) is 0 Å². The van der Waals surface area contributed by atoms with Gasteiger partial charge in [0.25, 0.3) is 0 Å². The SMILES string of the molecule is COc1cc(Oc2cccc(C(F)(F)F)c2)nc(-c2ccc(C(F)(F)F)cc2)n1. The number of halogens is 6. The van der Waals surface area contributed by atoms with Crippen molar-refractivity contribution in [1.82, 2.24) is 9.97 Å². The third-order valence-corrected chi connectivity index (χ3v) is 3.74. The highest BCUT2D eigenvalue weighted by Gasteiger charge is 2.31. The Morgan fingerprint density at radius 2 is 1.34 bits per heavy atom. The molecule has 0 fully saturated rings.